The zero-order valence-electron chi connectivity index (χ0n) is 10.3. The minimum absolute atomic E-state index is 0.0227. The molecule has 0 fully saturated rings. The molecule has 0 bridgehead atoms. The summed E-state index contributed by atoms with van der Waals surface area (Å²) in [6.07, 6.45) is 0. The highest BCUT2D eigenvalue weighted by Gasteiger charge is 2.23. The van der Waals surface area contributed by atoms with E-state index in [1.165, 1.54) is 13.2 Å². The molecule has 0 saturated carbocycles. The van der Waals surface area contributed by atoms with Crippen LogP contribution < -0.4 is 4.74 Å². The van der Waals surface area contributed by atoms with E-state index in [-0.39, 0.29) is 17.9 Å². The minimum Gasteiger partial charge on any atom is -0.465 e. The molecule has 19 heavy (non-hydrogen) atoms. The Morgan fingerprint density at radius 2 is 1.89 bits per heavy atom. The van der Waals surface area contributed by atoms with Gasteiger partial charge >= 0.3 is 17.9 Å². The van der Waals surface area contributed by atoms with Crippen LogP contribution in [-0.2, 0) is 19.1 Å². The van der Waals surface area contributed by atoms with Crippen molar-refractivity contribution >= 4 is 33.8 Å². The lowest BCUT2D eigenvalue weighted by Gasteiger charge is -2.09. The van der Waals surface area contributed by atoms with E-state index < -0.39 is 17.9 Å². The molecule has 0 aliphatic heterocycles. The number of hydrogen-bond acceptors (Lipinski definition) is 6. The van der Waals surface area contributed by atoms with Crippen molar-refractivity contribution in [2.24, 2.45) is 0 Å². The number of ether oxygens (including phenoxy) is 3. The smallest absolute Gasteiger partial charge is 0.422 e. The molecule has 6 nitrogen and oxygen atoms in total. The van der Waals surface area contributed by atoms with Gasteiger partial charge in [-0.3, -0.25) is 0 Å². The molecule has 0 atom stereocenters. The zero-order chi connectivity index (χ0) is 14.4. The second-order valence-corrected chi connectivity index (χ2v) is 4.07. The Morgan fingerprint density at radius 1 is 1.21 bits per heavy atom. The van der Waals surface area contributed by atoms with Gasteiger partial charge in [-0.05, 0) is 35.0 Å². The largest absolute Gasteiger partial charge is 0.465 e. The zero-order valence-corrected chi connectivity index (χ0v) is 11.9. The number of carbonyl (C=O) groups is 3. The van der Waals surface area contributed by atoms with E-state index in [4.69, 9.17) is 4.74 Å². The number of methoxy groups -OCH3 is 1. The fourth-order valence-electron chi connectivity index (χ4n) is 1.21. The number of para-hydroxylation sites is 1. The van der Waals surface area contributed by atoms with Crippen LogP contribution in [0.1, 0.15) is 17.3 Å². The number of halogens is 1. The predicted molar refractivity (Wildman–Crippen MR) is 67.7 cm³/mol. The van der Waals surface area contributed by atoms with Gasteiger partial charge in [0.1, 0.15) is 5.56 Å². The first kappa shape index (κ1) is 15.2. The molecule has 0 unspecified atom stereocenters. The minimum atomic E-state index is -1.21. The fraction of sp³-hybridized carbons (Fsp3) is 0.250. The molecular weight excluding hydrogens is 320 g/mol. The van der Waals surface area contributed by atoms with Gasteiger partial charge in [0.05, 0.1) is 18.2 Å². The summed E-state index contributed by atoms with van der Waals surface area (Å²) in [6, 6.07) is 4.53. The van der Waals surface area contributed by atoms with Crippen LogP contribution in [0.3, 0.4) is 0 Å². The third-order valence-electron chi connectivity index (χ3n) is 2.01. The van der Waals surface area contributed by atoms with E-state index in [0.29, 0.717) is 4.47 Å². The molecular formula is C12H11BrO6. The van der Waals surface area contributed by atoms with Crippen molar-refractivity contribution in [2.45, 2.75) is 6.92 Å². The number of rotatable bonds is 3. The van der Waals surface area contributed by atoms with Crippen molar-refractivity contribution in [3.8, 4) is 5.75 Å². The topological polar surface area (TPSA) is 78.9 Å². The lowest BCUT2D eigenvalue weighted by atomic mass is 10.2. The summed E-state index contributed by atoms with van der Waals surface area (Å²) >= 11 is 3.12. The summed E-state index contributed by atoms with van der Waals surface area (Å²) in [5.41, 5.74) is 0.0227. The van der Waals surface area contributed by atoms with Gasteiger partial charge in [-0.25, -0.2) is 14.4 Å². The normalized spacial score (nSPS) is 9.63. The quantitative estimate of drug-likeness (QED) is 0.477. The third-order valence-corrected chi connectivity index (χ3v) is 2.63. The molecule has 0 spiro atoms. The van der Waals surface area contributed by atoms with Crippen LogP contribution in [-0.4, -0.2) is 31.6 Å². The molecule has 102 valence electrons. The molecule has 0 heterocycles. The Labute approximate surface area is 117 Å². The van der Waals surface area contributed by atoms with Crippen molar-refractivity contribution in [3.63, 3.8) is 0 Å². The van der Waals surface area contributed by atoms with Gasteiger partial charge in [-0.2, -0.15) is 0 Å². The first-order chi connectivity index (χ1) is 9.01. The van der Waals surface area contributed by atoms with Crippen LogP contribution in [0.15, 0.2) is 22.7 Å². The summed E-state index contributed by atoms with van der Waals surface area (Å²) in [6.45, 7) is 1.61. The van der Waals surface area contributed by atoms with Crippen LogP contribution in [0, 0.1) is 0 Å². The molecule has 1 rings (SSSR count). The van der Waals surface area contributed by atoms with Crippen LogP contribution in [0.5, 0.6) is 5.75 Å². The van der Waals surface area contributed by atoms with Gasteiger partial charge in [-0.15, -0.1) is 0 Å². The second-order valence-electron chi connectivity index (χ2n) is 3.22. The molecule has 1 aromatic rings. The number of carbonyl (C=O) groups excluding carboxylic acids is 3. The summed E-state index contributed by atoms with van der Waals surface area (Å²) in [5.74, 6) is -3.12. The van der Waals surface area contributed by atoms with Crippen molar-refractivity contribution in [3.05, 3.63) is 28.2 Å². The Bertz CT molecular complexity index is 511. The SMILES string of the molecule is CCOC(=O)C(=O)Oc1c(Br)cccc1C(=O)OC. The highest BCUT2D eigenvalue weighted by molar-refractivity contribution is 9.10. The first-order valence-electron chi connectivity index (χ1n) is 5.27. The average Bonchev–Trinajstić information content (AvgIpc) is 2.40. The number of hydrogen-bond donors (Lipinski definition) is 0. The maximum absolute atomic E-state index is 11.5. The van der Waals surface area contributed by atoms with Crippen LogP contribution in [0.2, 0.25) is 0 Å². The lowest BCUT2D eigenvalue weighted by molar-refractivity contribution is -0.161. The number of benzene rings is 1. The summed E-state index contributed by atoms with van der Waals surface area (Å²) < 4.78 is 14.2. The van der Waals surface area contributed by atoms with Crippen LogP contribution >= 0.6 is 15.9 Å². The highest BCUT2D eigenvalue weighted by Crippen LogP contribution is 2.29. The van der Waals surface area contributed by atoms with Crippen LogP contribution in [0.4, 0.5) is 0 Å². The van der Waals surface area contributed by atoms with Crippen LogP contribution in [0.25, 0.3) is 0 Å². The Morgan fingerprint density at radius 3 is 2.47 bits per heavy atom. The third kappa shape index (κ3) is 3.78. The molecule has 0 radical (unpaired) electrons. The summed E-state index contributed by atoms with van der Waals surface area (Å²) in [7, 11) is 1.19. The van der Waals surface area contributed by atoms with E-state index in [1.807, 2.05) is 0 Å². The monoisotopic (exact) mass is 330 g/mol. The standard InChI is InChI=1S/C12H11BrO6/c1-3-18-11(15)12(16)19-9-7(10(14)17-2)5-4-6-8(9)13/h4-6H,3H2,1-2H3. The molecule has 0 N–H and O–H groups in total. The molecule has 7 heteroatoms. The highest BCUT2D eigenvalue weighted by atomic mass is 79.9. The second kappa shape index (κ2) is 6.89. The summed E-state index contributed by atoms with van der Waals surface area (Å²) in [4.78, 5) is 34.1. The van der Waals surface area contributed by atoms with Gasteiger partial charge in [0, 0.05) is 0 Å². The maximum Gasteiger partial charge on any atom is 0.422 e. The predicted octanol–water partition coefficient (Wildman–Crippen LogP) is 1.70. The Kier molecular flexibility index (Phi) is 5.50. The summed E-state index contributed by atoms with van der Waals surface area (Å²) in [5, 5.41) is 0. The fourth-order valence-corrected chi connectivity index (χ4v) is 1.65. The Balaban J connectivity index is 3.03. The van der Waals surface area contributed by atoms with Crippen molar-refractivity contribution in [1.82, 2.24) is 0 Å². The molecule has 0 aliphatic carbocycles. The molecule has 0 saturated heterocycles. The van der Waals surface area contributed by atoms with E-state index in [1.54, 1.807) is 19.1 Å². The number of esters is 3. The molecule has 1 aromatic carbocycles. The lowest BCUT2D eigenvalue weighted by Crippen LogP contribution is -2.24. The maximum atomic E-state index is 11.5. The molecule has 0 aliphatic rings. The van der Waals surface area contributed by atoms with E-state index >= 15 is 0 Å². The van der Waals surface area contributed by atoms with Gasteiger partial charge in [0.15, 0.2) is 5.75 Å². The average molecular weight is 331 g/mol. The molecule has 0 amide bonds. The van der Waals surface area contributed by atoms with E-state index in [9.17, 15) is 14.4 Å². The van der Waals surface area contributed by atoms with Crippen molar-refractivity contribution < 1.29 is 28.6 Å². The molecule has 0 aromatic heterocycles. The van der Waals surface area contributed by atoms with Crippen molar-refractivity contribution in [1.29, 1.82) is 0 Å². The Hall–Kier alpha value is -1.89. The van der Waals surface area contributed by atoms with Crippen molar-refractivity contribution in [2.75, 3.05) is 13.7 Å². The van der Waals surface area contributed by atoms with E-state index in [0.717, 1.165) is 0 Å². The van der Waals surface area contributed by atoms with Gasteiger partial charge in [-0.1, -0.05) is 6.07 Å². The van der Waals surface area contributed by atoms with Gasteiger partial charge in [0.25, 0.3) is 0 Å². The van der Waals surface area contributed by atoms with Gasteiger partial charge < -0.3 is 14.2 Å². The van der Waals surface area contributed by atoms with E-state index in [2.05, 4.69) is 25.4 Å². The van der Waals surface area contributed by atoms with Gasteiger partial charge in [0.2, 0.25) is 0 Å². The first-order valence-corrected chi connectivity index (χ1v) is 6.06.